The molecule has 1 heterocycles. The molecule has 2 nitrogen and oxygen atoms in total. The molecule has 74 valence electrons. The number of nitrogens with one attached hydrogen (secondary N) is 1. The maximum absolute atomic E-state index is 13.2. The summed E-state index contributed by atoms with van der Waals surface area (Å²) in [6.45, 7) is 0.543. The van der Waals surface area contributed by atoms with Crippen molar-refractivity contribution in [2.45, 2.75) is 12.8 Å². The van der Waals surface area contributed by atoms with Gasteiger partial charge in [0.25, 0.3) is 0 Å². The molecular formula is C10H9F2NO. The molecule has 1 aliphatic heterocycles. The summed E-state index contributed by atoms with van der Waals surface area (Å²) in [7, 11) is 0. The molecule has 1 aliphatic rings. The highest BCUT2D eigenvalue weighted by atomic mass is 19.1. The van der Waals surface area contributed by atoms with Gasteiger partial charge in [0.15, 0.2) is 5.78 Å². The van der Waals surface area contributed by atoms with Crippen LogP contribution in [0.5, 0.6) is 0 Å². The van der Waals surface area contributed by atoms with Crippen molar-refractivity contribution in [3.8, 4) is 0 Å². The Kier molecular flexibility index (Phi) is 2.19. The molecule has 0 aliphatic carbocycles. The maximum Gasteiger partial charge on any atom is 0.165 e. The zero-order valence-electron chi connectivity index (χ0n) is 7.44. The maximum atomic E-state index is 13.2. The van der Waals surface area contributed by atoms with Gasteiger partial charge in [0.1, 0.15) is 11.6 Å². The highest BCUT2D eigenvalue weighted by Gasteiger charge is 2.19. The summed E-state index contributed by atoms with van der Waals surface area (Å²) in [4.78, 5) is 11.4. The van der Waals surface area contributed by atoms with Crippen molar-refractivity contribution in [2.75, 3.05) is 11.9 Å². The van der Waals surface area contributed by atoms with Crippen molar-refractivity contribution in [1.82, 2.24) is 0 Å². The first-order valence-electron chi connectivity index (χ1n) is 4.44. The van der Waals surface area contributed by atoms with E-state index < -0.39 is 11.6 Å². The second-order valence-electron chi connectivity index (χ2n) is 3.26. The van der Waals surface area contributed by atoms with E-state index in [1.54, 1.807) is 0 Å². The van der Waals surface area contributed by atoms with Crippen LogP contribution in [0.2, 0.25) is 0 Å². The standard InChI is InChI=1S/C10H9F2NO/c11-6-4-7-9(14)2-1-3-13-10(7)8(12)5-6/h4-5,13H,1-3H2. The number of anilines is 1. The molecule has 2 rings (SSSR count). The molecule has 0 saturated heterocycles. The lowest BCUT2D eigenvalue weighted by molar-refractivity contribution is 0.0983. The van der Waals surface area contributed by atoms with Crippen LogP contribution in [0.25, 0.3) is 0 Å². The number of benzene rings is 1. The predicted molar refractivity (Wildman–Crippen MR) is 48.4 cm³/mol. The number of hydrogen-bond donors (Lipinski definition) is 1. The van der Waals surface area contributed by atoms with E-state index in [-0.39, 0.29) is 17.0 Å². The van der Waals surface area contributed by atoms with Crippen LogP contribution in [-0.4, -0.2) is 12.3 Å². The Labute approximate surface area is 79.9 Å². The van der Waals surface area contributed by atoms with Gasteiger partial charge in [-0.05, 0) is 12.5 Å². The first-order chi connectivity index (χ1) is 6.68. The number of carbonyl (C=O) groups is 1. The van der Waals surface area contributed by atoms with E-state index in [0.717, 1.165) is 12.1 Å². The third-order valence-corrected chi connectivity index (χ3v) is 2.24. The number of carbonyl (C=O) groups excluding carboxylic acids is 1. The van der Waals surface area contributed by atoms with E-state index in [1.807, 2.05) is 0 Å². The molecule has 0 bridgehead atoms. The largest absolute Gasteiger partial charge is 0.382 e. The van der Waals surface area contributed by atoms with Gasteiger partial charge in [-0.3, -0.25) is 4.79 Å². The molecule has 1 aromatic carbocycles. The minimum atomic E-state index is -0.710. The zero-order chi connectivity index (χ0) is 10.1. The Balaban J connectivity index is 2.58. The Morgan fingerprint density at radius 3 is 2.86 bits per heavy atom. The third-order valence-electron chi connectivity index (χ3n) is 2.24. The molecule has 0 aromatic heterocycles. The molecule has 0 fully saturated rings. The van der Waals surface area contributed by atoms with E-state index >= 15 is 0 Å². The predicted octanol–water partition coefficient (Wildman–Crippen LogP) is 2.35. The van der Waals surface area contributed by atoms with Gasteiger partial charge in [0.05, 0.1) is 5.69 Å². The lowest BCUT2D eigenvalue weighted by atomic mass is 10.1. The van der Waals surface area contributed by atoms with Crippen LogP contribution in [0.15, 0.2) is 12.1 Å². The topological polar surface area (TPSA) is 29.1 Å². The molecule has 0 atom stereocenters. The lowest BCUT2D eigenvalue weighted by Crippen LogP contribution is -2.04. The van der Waals surface area contributed by atoms with E-state index in [4.69, 9.17) is 0 Å². The Bertz CT molecular complexity index is 390. The number of rotatable bonds is 0. The van der Waals surface area contributed by atoms with Gasteiger partial charge in [0.2, 0.25) is 0 Å². The normalized spacial score (nSPS) is 15.7. The van der Waals surface area contributed by atoms with E-state index in [1.165, 1.54) is 0 Å². The Morgan fingerprint density at radius 1 is 1.29 bits per heavy atom. The van der Waals surface area contributed by atoms with Gasteiger partial charge < -0.3 is 5.32 Å². The van der Waals surface area contributed by atoms with Crippen molar-refractivity contribution in [3.63, 3.8) is 0 Å². The summed E-state index contributed by atoms with van der Waals surface area (Å²) >= 11 is 0. The average molecular weight is 197 g/mol. The molecule has 1 N–H and O–H groups in total. The zero-order valence-corrected chi connectivity index (χ0v) is 7.44. The van der Waals surface area contributed by atoms with Crippen LogP contribution in [-0.2, 0) is 0 Å². The van der Waals surface area contributed by atoms with Crippen LogP contribution in [0, 0.1) is 11.6 Å². The van der Waals surface area contributed by atoms with E-state index in [0.29, 0.717) is 19.4 Å². The highest BCUT2D eigenvalue weighted by molar-refractivity contribution is 6.01. The summed E-state index contributed by atoms with van der Waals surface area (Å²) in [6, 6.07) is 1.86. The first kappa shape index (κ1) is 9.12. The van der Waals surface area contributed by atoms with Gasteiger partial charge >= 0.3 is 0 Å². The summed E-state index contributed by atoms with van der Waals surface area (Å²) in [5.41, 5.74) is 0.258. The molecule has 0 amide bonds. The SMILES string of the molecule is O=C1CCCNc2c(F)cc(F)cc21. The number of ketones is 1. The molecule has 14 heavy (non-hydrogen) atoms. The minimum Gasteiger partial charge on any atom is -0.382 e. The lowest BCUT2D eigenvalue weighted by Gasteiger charge is -2.07. The van der Waals surface area contributed by atoms with Gasteiger partial charge in [-0.2, -0.15) is 0 Å². The van der Waals surface area contributed by atoms with Gasteiger partial charge in [-0.1, -0.05) is 0 Å². The van der Waals surface area contributed by atoms with E-state index in [2.05, 4.69) is 5.32 Å². The monoisotopic (exact) mass is 197 g/mol. The van der Waals surface area contributed by atoms with Crippen LogP contribution in [0.3, 0.4) is 0 Å². The highest BCUT2D eigenvalue weighted by Crippen LogP contribution is 2.25. The number of Topliss-reactive ketones (excluding diaryl/α,β-unsaturated/α-hetero) is 1. The van der Waals surface area contributed by atoms with Crippen LogP contribution < -0.4 is 5.32 Å². The van der Waals surface area contributed by atoms with Crippen LogP contribution in [0.1, 0.15) is 23.2 Å². The Morgan fingerprint density at radius 2 is 2.07 bits per heavy atom. The van der Waals surface area contributed by atoms with Gasteiger partial charge in [0, 0.05) is 24.6 Å². The average Bonchev–Trinajstić information content (AvgIpc) is 2.29. The van der Waals surface area contributed by atoms with Crippen molar-refractivity contribution in [1.29, 1.82) is 0 Å². The fraction of sp³-hybridized carbons (Fsp3) is 0.300. The fourth-order valence-electron chi connectivity index (χ4n) is 1.57. The molecule has 0 saturated carbocycles. The molecular weight excluding hydrogens is 188 g/mol. The van der Waals surface area contributed by atoms with Gasteiger partial charge in [-0.25, -0.2) is 8.78 Å². The summed E-state index contributed by atoms with van der Waals surface area (Å²) in [6.07, 6.45) is 0.984. The number of hydrogen-bond acceptors (Lipinski definition) is 2. The van der Waals surface area contributed by atoms with Crippen molar-refractivity contribution in [3.05, 3.63) is 29.3 Å². The van der Waals surface area contributed by atoms with Crippen LogP contribution in [0.4, 0.5) is 14.5 Å². The fourth-order valence-corrected chi connectivity index (χ4v) is 1.57. The molecule has 0 radical (unpaired) electrons. The van der Waals surface area contributed by atoms with Crippen LogP contribution >= 0.6 is 0 Å². The second kappa shape index (κ2) is 3.36. The molecule has 0 unspecified atom stereocenters. The first-order valence-corrected chi connectivity index (χ1v) is 4.44. The number of halogens is 2. The quantitative estimate of drug-likeness (QED) is 0.691. The van der Waals surface area contributed by atoms with E-state index in [9.17, 15) is 13.6 Å². The second-order valence-corrected chi connectivity index (χ2v) is 3.26. The van der Waals surface area contributed by atoms with Crippen molar-refractivity contribution >= 4 is 11.5 Å². The third kappa shape index (κ3) is 1.47. The van der Waals surface area contributed by atoms with Gasteiger partial charge in [-0.15, -0.1) is 0 Å². The summed E-state index contributed by atoms with van der Waals surface area (Å²) in [5.74, 6) is -1.61. The smallest absolute Gasteiger partial charge is 0.165 e. The summed E-state index contributed by atoms with van der Waals surface area (Å²) in [5, 5.41) is 2.79. The minimum absolute atomic E-state index is 0.125. The molecule has 1 aromatic rings. The molecule has 0 spiro atoms. The van der Waals surface area contributed by atoms with Crippen molar-refractivity contribution in [2.24, 2.45) is 0 Å². The Hall–Kier alpha value is -1.45. The molecule has 4 heteroatoms. The number of fused-ring (bicyclic) bond motifs is 1. The van der Waals surface area contributed by atoms with Crippen molar-refractivity contribution < 1.29 is 13.6 Å². The summed E-state index contributed by atoms with van der Waals surface area (Å²) < 4.78 is 26.1.